The molecule has 1 aromatic carbocycles. The molecule has 0 amide bonds. The molecule has 0 fully saturated rings. The largest absolute Gasteiger partial charge is 0.530 e. The summed E-state index contributed by atoms with van der Waals surface area (Å²) < 4.78 is 26.6. The fraction of sp³-hybridized carbons (Fsp3) is 0.429. The van der Waals surface area contributed by atoms with Crippen LogP contribution in [0.3, 0.4) is 0 Å². The summed E-state index contributed by atoms with van der Waals surface area (Å²) in [5, 5.41) is 0. The number of phosphoric acid groups is 1. The van der Waals surface area contributed by atoms with Crippen molar-refractivity contribution in [1.29, 1.82) is 0 Å². The van der Waals surface area contributed by atoms with Crippen LogP contribution >= 0.6 is 7.82 Å². The Labute approximate surface area is 124 Å². The summed E-state index contributed by atoms with van der Waals surface area (Å²) in [5.41, 5.74) is 0.819. The summed E-state index contributed by atoms with van der Waals surface area (Å²) in [6.07, 6.45) is -0.697. The van der Waals surface area contributed by atoms with Crippen molar-refractivity contribution in [3.05, 3.63) is 35.9 Å². The monoisotopic (exact) mass is 314 g/mol. The summed E-state index contributed by atoms with van der Waals surface area (Å²) in [5.74, 6) is 5.68. The smallest absolute Gasteiger partial charge is 0.268 e. The second kappa shape index (κ2) is 9.69. The van der Waals surface area contributed by atoms with Crippen LogP contribution in [-0.2, 0) is 28.2 Å². The summed E-state index contributed by atoms with van der Waals surface area (Å²) in [6, 6.07) is 9.35. The third-order valence-electron chi connectivity index (χ3n) is 2.00. The minimum Gasteiger partial charge on any atom is -0.268 e. The molecule has 0 spiro atoms. The Kier molecular flexibility index (Phi) is 8.24. The molecule has 21 heavy (non-hydrogen) atoms. The Morgan fingerprint density at radius 3 is 2.19 bits per heavy atom. The Morgan fingerprint density at radius 2 is 1.67 bits per heavy atom. The van der Waals surface area contributed by atoms with E-state index in [1.54, 1.807) is 20.8 Å². The van der Waals surface area contributed by atoms with Crippen molar-refractivity contribution in [1.82, 2.24) is 0 Å². The van der Waals surface area contributed by atoms with Crippen LogP contribution in [0.25, 0.3) is 0 Å². The second-order valence-corrected chi connectivity index (χ2v) is 5.20. The van der Waals surface area contributed by atoms with Crippen molar-refractivity contribution in [2.24, 2.45) is 0 Å². The summed E-state index contributed by atoms with van der Waals surface area (Å²) >= 11 is 0. The lowest BCUT2D eigenvalue weighted by atomic mass is 10.2. The molecule has 116 valence electrons. The van der Waals surface area contributed by atoms with E-state index in [-0.39, 0.29) is 13.2 Å². The maximum atomic E-state index is 12.2. The van der Waals surface area contributed by atoms with E-state index in [0.717, 1.165) is 5.56 Å². The van der Waals surface area contributed by atoms with Gasteiger partial charge in [-0.05, 0) is 32.9 Å². The number of benzene rings is 1. The first-order chi connectivity index (χ1) is 10.1. The third kappa shape index (κ3) is 7.39. The van der Waals surface area contributed by atoms with E-state index in [0.29, 0.717) is 0 Å². The molecule has 1 unspecified atom stereocenters. The molecule has 1 rings (SSSR count). The molecule has 0 aliphatic heterocycles. The van der Waals surface area contributed by atoms with E-state index in [4.69, 9.17) is 4.52 Å². The van der Waals surface area contributed by atoms with Gasteiger partial charge in [0.2, 0.25) is 0 Å². The van der Waals surface area contributed by atoms with Gasteiger partial charge in [-0.3, -0.25) is 4.52 Å². The molecule has 0 saturated carbocycles. The van der Waals surface area contributed by atoms with E-state index < -0.39 is 13.9 Å². The van der Waals surface area contributed by atoms with Crippen LogP contribution in [0.1, 0.15) is 26.3 Å². The summed E-state index contributed by atoms with van der Waals surface area (Å²) in [4.78, 5) is 9.24. The molecule has 0 aliphatic rings. The van der Waals surface area contributed by atoms with Crippen molar-refractivity contribution in [2.45, 2.75) is 26.9 Å². The summed E-state index contributed by atoms with van der Waals surface area (Å²) in [7, 11) is -3.98. The zero-order valence-electron chi connectivity index (χ0n) is 12.3. The SMILES string of the molecule is CCOOP(=O)(OOCC)OC(C)C#Cc1ccccc1. The van der Waals surface area contributed by atoms with Crippen molar-refractivity contribution < 1.29 is 28.2 Å². The zero-order valence-corrected chi connectivity index (χ0v) is 13.2. The lowest BCUT2D eigenvalue weighted by Gasteiger charge is -2.16. The van der Waals surface area contributed by atoms with Gasteiger partial charge in [0, 0.05) is 5.56 Å². The predicted octanol–water partition coefficient (Wildman–Crippen LogP) is 3.49. The highest BCUT2D eigenvalue weighted by Crippen LogP contribution is 2.50. The van der Waals surface area contributed by atoms with E-state index in [9.17, 15) is 4.57 Å². The van der Waals surface area contributed by atoms with Crippen LogP contribution in [0.15, 0.2) is 30.3 Å². The standard InChI is InChI=1S/C14H19O6P/c1-4-16-19-21(15,20-17-5-2)18-13(3)11-12-14-9-7-6-8-10-14/h6-10,13H,4-5H2,1-3H3. The minimum atomic E-state index is -3.98. The molecule has 6 nitrogen and oxygen atoms in total. The van der Waals surface area contributed by atoms with Crippen LogP contribution in [0.2, 0.25) is 0 Å². The highest BCUT2D eigenvalue weighted by Gasteiger charge is 2.32. The average molecular weight is 314 g/mol. The van der Waals surface area contributed by atoms with E-state index in [1.165, 1.54) is 0 Å². The van der Waals surface area contributed by atoms with Crippen molar-refractivity contribution in [3.63, 3.8) is 0 Å². The van der Waals surface area contributed by atoms with Crippen LogP contribution in [0.5, 0.6) is 0 Å². The molecule has 1 atom stereocenters. The maximum absolute atomic E-state index is 12.2. The molecular formula is C14H19O6P. The van der Waals surface area contributed by atoms with Gasteiger partial charge in [0.15, 0.2) is 0 Å². The van der Waals surface area contributed by atoms with Crippen molar-refractivity contribution in [2.75, 3.05) is 13.2 Å². The molecular weight excluding hydrogens is 295 g/mol. The molecule has 0 aromatic heterocycles. The van der Waals surface area contributed by atoms with Gasteiger partial charge in [0.1, 0.15) is 6.10 Å². The lowest BCUT2D eigenvalue weighted by molar-refractivity contribution is -0.279. The fourth-order valence-corrected chi connectivity index (χ4v) is 2.21. The van der Waals surface area contributed by atoms with Crippen molar-refractivity contribution >= 4 is 7.82 Å². The second-order valence-electron chi connectivity index (χ2n) is 3.79. The van der Waals surface area contributed by atoms with Gasteiger partial charge in [-0.2, -0.15) is 0 Å². The zero-order chi connectivity index (χ0) is 15.6. The molecule has 0 saturated heterocycles. The number of hydrogen-bond acceptors (Lipinski definition) is 6. The Bertz CT molecular complexity index is 495. The Hall–Kier alpha value is -1.19. The normalized spacial score (nSPS) is 12.5. The first-order valence-corrected chi connectivity index (χ1v) is 8.03. The third-order valence-corrected chi connectivity index (χ3v) is 3.15. The van der Waals surface area contributed by atoms with Crippen molar-refractivity contribution in [3.8, 4) is 11.8 Å². The van der Waals surface area contributed by atoms with Crippen LogP contribution in [-0.4, -0.2) is 19.3 Å². The molecule has 0 N–H and O–H groups in total. The topological polar surface area (TPSA) is 63.2 Å². The molecule has 0 bridgehead atoms. The molecule has 1 aromatic rings. The highest BCUT2D eigenvalue weighted by molar-refractivity contribution is 7.48. The van der Waals surface area contributed by atoms with Crippen LogP contribution in [0.4, 0.5) is 0 Å². The van der Waals surface area contributed by atoms with Crippen LogP contribution in [0, 0.1) is 11.8 Å². The van der Waals surface area contributed by atoms with Gasteiger partial charge in [-0.1, -0.05) is 30.0 Å². The van der Waals surface area contributed by atoms with Gasteiger partial charge < -0.3 is 0 Å². The van der Waals surface area contributed by atoms with Gasteiger partial charge in [-0.15, -0.1) is 9.35 Å². The molecule has 0 radical (unpaired) electrons. The maximum Gasteiger partial charge on any atom is 0.530 e. The van der Waals surface area contributed by atoms with Gasteiger partial charge in [0.25, 0.3) is 0 Å². The Balaban J connectivity index is 2.65. The van der Waals surface area contributed by atoms with Crippen LogP contribution < -0.4 is 0 Å². The van der Waals surface area contributed by atoms with E-state index in [2.05, 4.69) is 31.0 Å². The first kappa shape index (κ1) is 17.9. The van der Waals surface area contributed by atoms with E-state index >= 15 is 0 Å². The van der Waals surface area contributed by atoms with E-state index in [1.807, 2.05) is 30.3 Å². The summed E-state index contributed by atoms with van der Waals surface area (Å²) in [6.45, 7) is 5.33. The minimum absolute atomic E-state index is 0.187. The van der Waals surface area contributed by atoms with Gasteiger partial charge >= 0.3 is 7.82 Å². The average Bonchev–Trinajstić information content (AvgIpc) is 2.50. The molecule has 0 aliphatic carbocycles. The number of rotatable bonds is 8. The quantitative estimate of drug-likeness (QED) is 0.317. The molecule has 0 heterocycles. The molecule has 7 heteroatoms. The lowest BCUT2D eigenvalue weighted by Crippen LogP contribution is -2.09. The predicted molar refractivity (Wildman–Crippen MR) is 76.9 cm³/mol. The van der Waals surface area contributed by atoms with Gasteiger partial charge in [0.05, 0.1) is 13.2 Å². The fourth-order valence-electron chi connectivity index (χ4n) is 1.21. The highest BCUT2D eigenvalue weighted by atomic mass is 31.2. The first-order valence-electron chi connectivity index (χ1n) is 6.57. The van der Waals surface area contributed by atoms with Gasteiger partial charge in [-0.25, -0.2) is 14.3 Å². The Morgan fingerprint density at radius 1 is 1.10 bits per heavy atom. The number of hydrogen-bond donors (Lipinski definition) is 0.